The fourth-order valence-corrected chi connectivity index (χ4v) is 6.41. The van der Waals surface area contributed by atoms with Gasteiger partial charge in [-0.25, -0.2) is 14.8 Å². The van der Waals surface area contributed by atoms with Crippen LogP contribution in [-0.2, 0) is 19.2 Å². The summed E-state index contributed by atoms with van der Waals surface area (Å²) in [7, 11) is 1.28. The number of hydrogen-bond donors (Lipinski definition) is 3. The first-order valence-corrected chi connectivity index (χ1v) is 12.8. The SMILES string of the molecule is CO/N=C(\C(=O)N[C@@H]1C(=O)N2C(C(=O)O)=C(/C=C/c3csc4cncn34)CS[C@H]12)c1csc(N)n1. The van der Waals surface area contributed by atoms with Crippen LogP contribution in [0.4, 0.5) is 5.13 Å². The minimum Gasteiger partial charge on any atom is -0.477 e. The van der Waals surface area contributed by atoms with Crippen LogP contribution < -0.4 is 11.1 Å². The van der Waals surface area contributed by atoms with E-state index < -0.39 is 29.2 Å². The Bertz CT molecular complexity index is 1440. The summed E-state index contributed by atoms with van der Waals surface area (Å²) in [6.45, 7) is 0. The predicted octanol–water partition coefficient (Wildman–Crippen LogP) is 1.24. The number of carbonyl (C=O) groups is 3. The Morgan fingerprint density at radius 1 is 1.34 bits per heavy atom. The van der Waals surface area contributed by atoms with Gasteiger partial charge in [-0.15, -0.1) is 34.4 Å². The molecule has 0 aliphatic carbocycles. The number of nitrogens with two attached hydrogens (primary N) is 1. The third-order valence-electron chi connectivity index (χ3n) is 5.29. The van der Waals surface area contributed by atoms with Crippen molar-refractivity contribution in [3.63, 3.8) is 0 Å². The molecule has 2 aliphatic rings. The molecule has 3 aromatic heterocycles. The van der Waals surface area contributed by atoms with Gasteiger partial charge in [-0.1, -0.05) is 11.2 Å². The zero-order valence-corrected chi connectivity index (χ0v) is 20.4. The molecule has 2 amide bonds. The van der Waals surface area contributed by atoms with E-state index in [4.69, 9.17) is 10.6 Å². The maximum Gasteiger partial charge on any atom is 0.352 e. The smallest absolute Gasteiger partial charge is 0.352 e. The molecule has 1 saturated heterocycles. The van der Waals surface area contributed by atoms with Gasteiger partial charge in [-0.05, 0) is 11.6 Å². The van der Waals surface area contributed by atoms with Crippen LogP contribution in [-0.4, -0.2) is 72.1 Å². The molecule has 0 radical (unpaired) electrons. The van der Waals surface area contributed by atoms with Crippen molar-refractivity contribution in [3.05, 3.63) is 52.0 Å². The van der Waals surface area contributed by atoms with Crippen LogP contribution in [0.5, 0.6) is 0 Å². The van der Waals surface area contributed by atoms with Crippen molar-refractivity contribution in [2.75, 3.05) is 18.6 Å². The first-order valence-electron chi connectivity index (χ1n) is 10.0. The summed E-state index contributed by atoms with van der Waals surface area (Å²) in [6, 6.07) is -0.923. The Morgan fingerprint density at radius 3 is 2.89 bits per heavy atom. The molecule has 2 atom stereocenters. The first-order chi connectivity index (χ1) is 16.9. The number of hydrogen-bond acceptors (Lipinski definition) is 11. The second kappa shape index (κ2) is 9.16. The summed E-state index contributed by atoms with van der Waals surface area (Å²) in [4.78, 5) is 52.9. The summed E-state index contributed by atoms with van der Waals surface area (Å²) in [5, 5.41) is 19.4. The monoisotopic (exact) mass is 531 g/mol. The van der Waals surface area contributed by atoms with Crippen molar-refractivity contribution in [1.82, 2.24) is 24.6 Å². The van der Waals surface area contributed by atoms with E-state index in [1.807, 2.05) is 9.78 Å². The Hall–Kier alpha value is -3.69. The molecule has 5 rings (SSSR count). The van der Waals surface area contributed by atoms with E-state index in [1.54, 1.807) is 30.1 Å². The van der Waals surface area contributed by atoms with Gasteiger partial charge < -0.3 is 21.0 Å². The molecule has 3 aromatic rings. The highest BCUT2D eigenvalue weighted by atomic mass is 32.2. The maximum absolute atomic E-state index is 12.9. The van der Waals surface area contributed by atoms with Crippen molar-refractivity contribution < 1.29 is 24.3 Å². The van der Waals surface area contributed by atoms with Gasteiger partial charge in [-0.3, -0.25) is 18.9 Å². The van der Waals surface area contributed by atoms with Crippen molar-refractivity contribution >= 4 is 74.0 Å². The van der Waals surface area contributed by atoms with E-state index in [0.29, 0.717) is 11.3 Å². The first kappa shape index (κ1) is 23.1. The third-order valence-corrected chi connectivity index (χ3v) is 8.17. The quantitative estimate of drug-likeness (QED) is 0.231. The molecule has 0 bridgehead atoms. The number of carboxylic acid groups (broad SMARTS) is 1. The van der Waals surface area contributed by atoms with E-state index in [-0.39, 0.29) is 22.2 Å². The molecule has 15 heteroatoms. The van der Waals surface area contributed by atoms with E-state index in [2.05, 4.69) is 20.4 Å². The number of allylic oxidation sites excluding steroid dienone is 1. The van der Waals surface area contributed by atoms with Gasteiger partial charge in [-0.2, -0.15) is 0 Å². The number of thiazole rings is 2. The van der Waals surface area contributed by atoms with Gasteiger partial charge in [0, 0.05) is 16.5 Å². The number of rotatable bonds is 7. The summed E-state index contributed by atoms with van der Waals surface area (Å²) in [5.74, 6) is -2.08. The molecule has 0 saturated carbocycles. The van der Waals surface area contributed by atoms with Gasteiger partial charge in [0.2, 0.25) is 0 Å². The number of aliphatic carboxylic acids is 1. The normalized spacial score (nSPS) is 20.3. The van der Waals surface area contributed by atoms with Crippen LogP contribution in [0.2, 0.25) is 0 Å². The Morgan fingerprint density at radius 2 is 2.17 bits per heavy atom. The second-order valence-corrected chi connectivity index (χ2v) is 10.2. The minimum absolute atomic E-state index is 0.101. The molecule has 35 heavy (non-hydrogen) atoms. The molecule has 4 N–H and O–H groups in total. The molecule has 0 unspecified atom stereocenters. The zero-order chi connectivity index (χ0) is 24.7. The Kier molecular flexibility index (Phi) is 6.04. The highest BCUT2D eigenvalue weighted by Crippen LogP contribution is 2.41. The zero-order valence-electron chi connectivity index (χ0n) is 17.9. The summed E-state index contributed by atoms with van der Waals surface area (Å²) in [6.07, 6.45) is 6.91. The van der Waals surface area contributed by atoms with E-state index >= 15 is 0 Å². The number of aromatic nitrogens is 3. The Labute approximate surface area is 209 Å². The largest absolute Gasteiger partial charge is 0.477 e. The summed E-state index contributed by atoms with van der Waals surface area (Å²) >= 11 is 4.01. The van der Waals surface area contributed by atoms with Gasteiger partial charge in [0.05, 0.1) is 11.9 Å². The van der Waals surface area contributed by atoms with Gasteiger partial charge in [0.25, 0.3) is 11.8 Å². The standard InChI is InChI=1S/C20H17N7O5S3/c1-32-25-13(11-7-35-20(21)23-11)16(28)24-14-17(29)27-15(19(30)31)9(5-34-18(14)27)2-3-10-6-33-12-4-22-8-26(10)12/h2-4,6-8,14,18H,5H2,1H3,(H2,21,23)(H,24,28)(H,30,31)/b3-2+,25-13-/t14-,18-/m1/s1. The van der Waals surface area contributed by atoms with E-state index in [1.165, 1.54) is 35.1 Å². The fraction of sp³-hybridized carbons (Fsp3) is 0.200. The van der Waals surface area contributed by atoms with Crippen LogP contribution in [0, 0.1) is 0 Å². The number of carboxylic acids is 1. The third kappa shape index (κ3) is 4.06. The number of nitrogens with one attached hydrogen (secondary N) is 1. The average Bonchev–Trinajstić information content (AvgIpc) is 3.56. The molecule has 0 spiro atoms. The molecule has 0 aromatic carbocycles. The number of carbonyl (C=O) groups excluding carboxylic acids is 2. The van der Waals surface area contributed by atoms with Gasteiger partial charge >= 0.3 is 5.97 Å². The number of imidazole rings is 1. The average molecular weight is 532 g/mol. The van der Waals surface area contributed by atoms with Crippen molar-refractivity contribution in [2.24, 2.45) is 5.16 Å². The second-order valence-electron chi connectivity index (χ2n) is 7.33. The van der Waals surface area contributed by atoms with Crippen molar-refractivity contribution in [1.29, 1.82) is 0 Å². The number of fused-ring (bicyclic) bond motifs is 2. The van der Waals surface area contributed by atoms with Gasteiger partial charge in [0.1, 0.15) is 41.1 Å². The van der Waals surface area contributed by atoms with Crippen LogP contribution in [0.15, 0.2) is 45.8 Å². The van der Waals surface area contributed by atoms with Crippen LogP contribution in [0.1, 0.15) is 11.4 Å². The highest BCUT2D eigenvalue weighted by molar-refractivity contribution is 8.00. The number of nitrogen functional groups attached to an aromatic ring is 1. The summed E-state index contributed by atoms with van der Waals surface area (Å²) in [5.41, 5.74) is 6.96. The van der Waals surface area contributed by atoms with E-state index in [0.717, 1.165) is 21.9 Å². The molecule has 2 aliphatic heterocycles. The lowest BCUT2D eigenvalue weighted by Crippen LogP contribution is -2.71. The fourth-order valence-electron chi connectivity index (χ4n) is 3.72. The number of β-lactam (4-membered cyclic amide) rings is 1. The molecular formula is C20H17N7O5S3. The lowest BCUT2D eigenvalue weighted by molar-refractivity contribution is -0.150. The van der Waals surface area contributed by atoms with Gasteiger partial charge in [0.15, 0.2) is 10.8 Å². The van der Waals surface area contributed by atoms with Crippen LogP contribution >= 0.6 is 34.4 Å². The molecule has 1 fully saturated rings. The predicted molar refractivity (Wildman–Crippen MR) is 132 cm³/mol. The van der Waals surface area contributed by atoms with Crippen LogP contribution in [0.25, 0.3) is 10.9 Å². The number of thioether (sulfide) groups is 1. The molecule has 180 valence electrons. The molecule has 12 nitrogen and oxygen atoms in total. The van der Waals surface area contributed by atoms with Crippen molar-refractivity contribution in [3.8, 4) is 0 Å². The van der Waals surface area contributed by atoms with Crippen molar-refractivity contribution in [2.45, 2.75) is 11.4 Å². The number of anilines is 1. The maximum atomic E-state index is 12.9. The number of amides is 2. The van der Waals surface area contributed by atoms with E-state index in [9.17, 15) is 19.5 Å². The Balaban J connectivity index is 1.36. The topological polar surface area (TPSA) is 165 Å². The highest BCUT2D eigenvalue weighted by Gasteiger charge is 2.54. The summed E-state index contributed by atoms with van der Waals surface area (Å²) < 4.78 is 1.89. The number of oxime groups is 1. The minimum atomic E-state index is -1.22. The van der Waals surface area contributed by atoms with Crippen LogP contribution in [0.3, 0.4) is 0 Å². The number of nitrogens with zero attached hydrogens (tertiary/aromatic N) is 5. The molecular weight excluding hydrogens is 514 g/mol. The molecule has 5 heterocycles. The lowest BCUT2D eigenvalue weighted by Gasteiger charge is -2.49. The lowest BCUT2D eigenvalue weighted by atomic mass is 10.0.